The zero-order chi connectivity index (χ0) is 35.5. The van der Waals surface area contributed by atoms with Crippen molar-refractivity contribution in [3.63, 3.8) is 0 Å². The van der Waals surface area contributed by atoms with E-state index >= 15 is 0 Å². The fourth-order valence-electron chi connectivity index (χ4n) is 8.40. The van der Waals surface area contributed by atoms with Gasteiger partial charge in [0.25, 0.3) is 8.32 Å². The molecule has 1 aliphatic heterocycles. The van der Waals surface area contributed by atoms with Gasteiger partial charge in [-0.25, -0.2) is 0 Å². The Morgan fingerprint density at radius 2 is 1.33 bits per heavy atom. The molecule has 3 rings (SSSR count). The van der Waals surface area contributed by atoms with Crippen LogP contribution in [0.1, 0.15) is 101 Å². The number of rotatable bonds is 19. The smallest absolute Gasteiger partial charge is 0.261 e. The molecular weight excluding hydrogens is 633 g/mol. The van der Waals surface area contributed by atoms with Crippen molar-refractivity contribution in [3.05, 3.63) is 60.7 Å². The lowest BCUT2D eigenvalue weighted by Crippen LogP contribution is -2.66. The van der Waals surface area contributed by atoms with E-state index < -0.39 is 22.7 Å². The second-order valence-corrected chi connectivity index (χ2v) is 25.7. The lowest BCUT2D eigenvalue weighted by Gasteiger charge is -2.47. The topological polar surface area (TPSA) is 77.4 Å². The number of hydrogen-bond donors (Lipinski definition) is 2. The Morgan fingerprint density at radius 1 is 0.792 bits per heavy atom. The van der Waals surface area contributed by atoms with Crippen LogP contribution in [0.3, 0.4) is 0 Å². The summed E-state index contributed by atoms with van der Waals surface area (Å²) in [6, 6.07) is 21.5. The predicted octanol–water partition coefficient (Wildman–Crippen LogP) is 8.05. The maximum absolute atomic E-state index is 11.9. The molecule has 0 radical (unpaired) electrons. The van der Waals surface area contributed by atoms with E-state index in [0.717, 1.165) is 25.9 Å². The van der Waals surface area contributed by atoms with Crippen molar-refractivity contribution in [2.24, 2.45) is 11.8 Å². The van der Waals surface area contributed by atoms with Crippen molar-refractivity contribution in [2.75, 3.05) is 26.4 Å². The average molecular weight is 701 g/mol. The van der Waals surface area contributed by atoms with E-state index in [2.05, 4.69) is 130 Å². The molecule has 0 aromatic heterocycles. The van der Waals surface area contributed by atoms with Gasteiger partial charge in [0.1, 0.15) is 0 Å². The van der Waals surface area contributed by atoms with Gasteiger partial charge in [-0.2, -0.15) is 0 Å². The molecule has 1 saturated heterocycles. The largest absolute Gasteiger partial charge is 0.413 e. The summed E-state index contributed by atoms with van der Waals surface area (Å²) in [6.45, 7) is 24.5. The number of aliphatic hydroxyl groups excluding tert-OH is 2. The summed E-state index contributed by atoms with van der Waals surface area (Å²) < 4.78 is 26.6. The molecule has 272 valence electrons. The van der Waals surface area contributed by atoms with Crippen LogP contribution in [0.2, 0.25) is 21.7 Å². The van der Waals surface area contributed by atoms with Gasteiger partial charge in [-0.1, -0.05) is 130 Å². The molecule has 0 bridgehead atoms. The van der Waals surface area contributed by atoms with Gasteiger partial charge in [-0.15, -0.1) is 0 Å². The Bertz CT molecular complexity index is 1100. The number of hydrogen-bond acceptors (Lipinski definition) is 6. The van der Waals surface area contributed by atoms with Gasteiger partial charge < -0.3 is 28.5 Å². The number of aliphatic hydroxyl groups is 2. The molecule has 8 heteroatoms. The Morgan fingerprint density at radius 3 is 1.77 bits per heavy atom. The van der Waals surface area contributed by atoms with E-state index in [-0.39, 0.29) is 35.9 Å². The molecule has 6 nitrogen and oxygen atoms in total. The summed E-state index contributed by atoms with van der Waals surface area (Å²) in [4.78, 5) is 0. The van der Waals surface area contributed by atoms with Crippen LogP contribution >= 0.6 is 0 Å². The highest BCUT2D eigenvalue weighted by atomic mass is 28.4. The molecule has 0 aliphatic carbocycles. The average Bonchev–Trinajstić information content (AvgIpc) is 3.06. The van der Waals surface area contributed by atoms with E-state index in [1.807, 2.05) is 0 Å². The third kappa shape index (κ3) is 9.69. The van der Waals surface area contributed by atoms with Crippen molar-refractivity contribution in [1.82, 2.24) is 0 Å². The predicted molar refractivity (Wildman–Crippen MR) is 204 cm³/mol. The molecule has 2 aromatic carbocycles. The van der Waals surface area contributed by atoms with Crippen LogP contribution in [0, 0.1) is 11.8 Å². The van der Waals surface area contributed by atoms with Crippen LogP contribution in [0.25, 0.3) is 0 Å². The zero-order valence-corrected chi connectivity index (χ0v) is 33.8. The minimum atomic E-state index is -2.74. The van der Waals surface area contributed by atoms with Gasteiger partial charge in [0.2, 0.25) is 8.32 Å². The highest BCUT2D eigenvalue weighted by Crippen LogP contribution is 2.45. The molecule has 2 N–H and O–H groups in total. The minimum absolute atomic E-state index is 0.104. The van der Waals surface area contributed by atoms with Gasteiger partial charge in [-0.05, 0) is 64.1 Å². The van der Waals surface area contributed by atoms with Crippen LogP contribution in [-0.4, -0.2) is 71.8 Å². The second-order valence-electron chi connectivity index (χ2n) is 16.0. The third-order valence-electron chi connectivity index (χ3n) is 11.0. The quantitative estimate of drug-likeness (QED) is 0.145. The van der Waals surface area contributed by atoms with Gasteiger partial charge in [0.05, 0.1) is 18.8 Å². The molecule has 1 fully saturated rings. The SMILES string of the molecule is CC(C)[Si](O[C@H](CCO[Si](c1ccccc1)(c1ccccc1)C(C)(C)C)[C@H](C)[C@H](O)[C@H](CO)CCOC1CCCCO1)(C(C)C)C(C)C. The molecule has 0 spiro atoms. The van der Waals surface area contributed by atoms with Gasteiger partial charge >= 0.3 is 0 Å². The maximum atomic E-state index is 11.9. The summed E-state index contributed by atoms with van der Waals surface area (Å²) in [6.07, 6.45) is 3.15. The van der Waals surface area contributed by atoms with E-state index in [9.17, 15) is 10.2 Å². The fourth-order valence-corrected chi connectivity index (χ4v) is 18.7. The second kappa shape index (κ2) is 18.7. The molecule has 48 heavy (non-hydrogen) atoms. The molecule has 1 aliphatic rings. The standard InChI is InChI=1S/C40H68O6Si2/c1-30(2)47(31(3)4,32(5)6)46-37(33(7)39(42)34(29-41)24-27-44-38-23-17-18-26-43-38)25-28-45-48(40(8,9)10,35-19-13-11-14-20-35)36-21-15-12-16-22-36/h11-16,19-22,30-34,37-39,41-42H,17-18,23-29H2,1-10H3/t33-,34-,37+,38?,39-/m0/s1. The van der Waals surface area contributed by atoms with Crippen molar-refractivity contribution in [3.8, 4) is 0 Å². The van der Waals surface area contributed by atoms with Crippen molar-refractivity contribution in [2.45, 2.75) is 142 Å². The lowest BCUT2D eigenvalue weighted by atomic mass is 9.86. The molecule has 5 atom stereocenters. The van der Waals surface area contributed by atoms with Crippen LogP contribution < -0.4 is 10.4 Å². The summed E-state index contributed by atoms with van der Waals surface area (Å²) in [5.74, 6) is -0.528. The molecule has 1 unspecified atom stereocenters. The van der Waals surface area contributed by atoms with Crippen molar-refractivity contribution < 1.29 is 28.5 Å². The van der Waals surface area contributed by atoms with E-state index in [1.165, 1.54) is 10.4 Å². The Balaban J connectivity index is 1.93. The molecule has 0 amide bonds. The third-order valence-corrected chi connectivity index (χ3v) is 22.1. The van der Waals surface area contributed by atoms with E-state index in [0.29, 0.717) is 42.7 Å². The maximum Gasteiger partial charge on any atom is 0.261 e. The molecular formula is C40H68O6Si2. The van der Waals surface area contributed by atoms with Gasteiger partial charge in [-0.3, -0.25) is 0 Å². The first-order valence-electron chi connectivity index (χ1n) is 18.7. The molecule has 1 heterocycles. The number of ether oxygens (including phenoxy) is 2. The monoisotopic (exact) mass is 700 g/mol. The van der Waals surface area contributed by atoms with Crippen LogP contribution in [0.15, 0.2) is 60.7 Å². The lowest BCUT2D eigenvalue weighted by molar-refractivity contribution is -0.166. The molecule has 0 saturated carbocycles. The first-order chi connectivity index (χ1) is 22.7. The van der Waals surface area contributed by atoms with E-state index in [1.54, 1.807) is 0 Å². The summed E-state index contributed by atoms with van der Waals surface area (Å²) in [5, 5.41) is 24.8. The molecule has 2 aromatic rings. The van der Waals surface area contributed by atoms with E-state index in [4.69, 9.17) is 18.3 Å². The van der Waals surface area contributed by atoms with Crippen LogP contribution in [-0.2, 0) is 18.3 Å². The first-order valence-corrected chi connectivity index (χ1v) is 22.7. The van der Waals surface area contributed by atoms with Crippen LogP contribution in [0.4, 0.5) is 0 Å². The normalized spacial score (nSPS) is 19.1. The minimum Gasteiger partial charge on any atom is -0.413 e. The van der Waals surface area contributed by atoms with Gasteiger partial charge in [0, 0.05) is 31.7 Å². The first kappa shape index (κ1) is 41.1. The summed E-state index contributed by atoms with van der Waals surface area (Å²) in [5.41, 5.74) is 1.21. The fraction of sp³-hybridized carbons (Fsp3) is 0.700. The van der Waals surface area contributed by atoms with Gasteiger partial charge in [0.15, 0.2) is 6.29 Å². The summed E-state index contributed by atoms with van der Waals surface area (Å²) >= 11 is 0. The number of benzene rings is 2. The van der Waals surface area contributed by atoms with Crippen LogP contribution in [0.5, 0.6) is 0 Å². The Labute approximate surface area is 295 Å². The highest BCUT2D eigenvalue weighted by Gasteiger charge is 2.51. The van der Waals surface area contributed by atoms with Crippen molar-refractivity contribution in [1.29, 1.82) is 0 Å². The zero-order valence-electron chi connectivity index (χ0n) is 31.8. The summed E-state index contributed by atoms with van der Waals surface area (Å²) in [7, 11) is -5.05. The Kier molecular flexibility index (Phi) is 16.0. The Hall–Kier alpha value is -1.37. The van der Waals surface area contributed by atoms with Crippen molar-refractivity contribution >= 4 is 27.0 Å². The highest BCUT2D eigenvalue weighted by molar-refractivity contribution is 6.99.